The van der Waals surface area contributed by atoms with Crippen LogP contribution in [-0.4, -0.2) is 35.0 Å². The Kier molecular flexibility index (Phi) is 4.42. The molecule has 4 nitrogen and oxygen atoms in total. The fourth-order valence-electron chi connectivity index (χ4n) is 2.84. The lowest BCUT2D eigenvalue weighted by Gasteiger charge is -2.39. The predicted octanol–water partition coefficient (Wildman–Crippen LogP) is 2.33. The number of carboxylic acids is 1. The van der Waals surface area contributed by atoms with Crippen molar-refractivity contribution in [3.8, 4) is 0 Å². The number of rotatable bonds is 4. The zero-order valence-electron chi connectivity index (χ0n) is 11.8. The number of carbonyl (C=O) groups excluding carboxylic acids is 1. The summed E-state index contributed by atoms with van der Waals surface area (Å²) in [5.41, 5.74) is 0.213. The third-order valence-electron chi connectivity index (χ3n) is 4.26. The van der Waals surface area contributed by atoms with Crippen molar-refractivity contribution in [3.63, 3.8) is 0 Å². The molecule has 1 N–H and O–H groups in total. The molecule has 0 spiro atoms. The molecule has 1 atom stereocenters. The van der Waals surface area contributed by atoms with Gasteiger partial charge < -0.3 is 10.0 Å². The van der Waals surface area contributed by atoms with Gasteiger partial charge in [-0.3, -0.25) is 9.59 Å². The van der Waals surface area contributed by atoms with Gasteiger partial charge in [0.05, 0.1) is 11.8 Å². The van der Waals surface area contributed by atoms with Crippen molar-refractivity contribution < 1.29 is 14.7 Å². The van der Waals surface area contributed by atoms with Crippen molar-refractivity contribution in [3.05, 3.63) is 35.9 Å². The number of likely N-dealkylation sites (tertiary alicyclic amines) is 1. The molecule has 0 saturated carbocycles. The number of aliphatic carboxylic acids is 1. The molecular formula is C16H21NO3. The third-order valence-corrected chi connectivity index (χ3v) is 4.26. The Bertz CT molecular complexity index is 486. The molecular weight excluding hydrogens is 254 g/mol. The van der Waals surface area contributed by atoms with Crippen LogP contribution in [-0.2, 0) is 16.0 Å². The first-order chi connectivity index (χ1) is 9.57. The molecule has 1 aliphatic rings. The summed E-state index contributed by atoms with van der Waals surface area (Å²) in [6, 6.07) is 9.58. The normalized spacial score (nSPS) is 22.6. The number of hydrogen-bond donors (Lipinski definition) is 1. The van der Waals surface area contributed by atoms with Crippen LogP contribution in [0.25, 0.3) is 0 Å². The quantitative estimate of drug-likeness (QED) is 0.917. The van der Waals surface area contributed by atoms with E-state index in [1.54, 1.807) is 4.90 Å². The fourth-order valence-corrected chi connectivity index (χ4v) is 2.84. The molecule has 20 heavy (non-hydrogen) atoms. The monoisotopic (exact) mass is 275 g/mol. The van der Waals surface area contributed by atoms with Crippen molar-refractivity contribution in [1.82, 2.24) is 4.90 Å². The molecule has 1 unspecified atom stereocenters. The molecule has 0 aliphatic carbocycles. The highest BCUT2D eigenvalue weighted by molar-refractivity contribution is 5.81. The summed E-state index contributed by atoms with van der Waals surface area (Å²) in [4.78, 5) is 25.5. The Morgan fingerprint density at radius 3 is 2.60 bits per heavy atom. The van der Waals surface area contributed by atoms with Crippen LogP contribution in [0.5, 0.6) is 0 Å². The van der Waals surface area contributed by atoms with Crippen LogP contribution < -0.4 is 0 Å². The molecule has 1 saturated heterocycles. The molecule has 0 aromatic heterocycles. The average Bonchev–Trinajstić information content (AvgIpc) is 2.48. The van der Waals surface area contributed by atoms with Crippen molar-refractivity contribution >= 4 is 11.9 Å². The van der Waals surface area contributed by atoms with Gasteiger partial charge in [0.2, 0.25) is 5.91 Å². The number of nitrogens with zero attached hydrogens (tertiary/aromatic N) is 1. The minimum atomic E-state index is -0.780. The van der Waals surface area contributed by atoms with Crippen LogP contribution in [0.15, 0.2) is 30.3 Å². The molecule has 1 aromatic rings. The van der Waals surface area contributed by atoms with Crippen molar-refractivity contribution in [1.29, 1.82) is 0 Å². The second kappa shape index (κ2) is 6.07. The van der Waals surface area contributed by atoms with E-state index in [1.165, 1.54) is 0 Å². The standard InChI is InChI=1S/C16H21NO3/c1-2-16(15(19)20)9-6-10-17(12-16)14(18)11-13-7-4-3-5-8-13/h3-5,7-8H,2,6,9-12H2,1H3,(H,19,20). The Morgan fingerprint density at radius 1 is 1.30 bits per heavy atom. The number of benzene rings is 1. The minimum absolute atomic E-state index is 0.0231. The van der Waals surface area contributed by atoms with Gasteiger partial charge in [-0.05, 0) is 24.8 Å². The molecule has 4 heteroatoms. The number of amides is 1. The molecule has 1 amide bonds. The number of carbonyl (C=O) groups is 2. The van der Waals surface area contributed by atoms with Gasteiger partial charge in [0.25, 0.3) is 0 Å². The number of hydrogen-bond acceptors (Lipinski definition) is 2. The van der Waals surface area contributed by atoms with Crippen molar-refractivity contribution in [2.45, 2.75) is 32.6 Å². The highest BCUT2D eigenvalue weighted by Crippen LogP contribution is 2.33. The average molecular weight is 275 g/mol. The van der Waals surface area contributed by atoms with E-state index in [9.17, 15) is 14.7 Å². The third kappa shape index (κ3) is 3.00. The number of carboxylic acid groups (broad SMARTS) is 1. The second-order valence-corrected chi connectivity index (χ2v) is 5.52. The molecule has 0 radical (unpaired) electrons. The van der Waals surface area contributed by atoms with Crippen LogP contribution in [0, 0.1) is 5.41 Å². The maximum absolute atomic E-state index is 12.3. The molecule has 1 heterocycles. The van der Waals surface area contributed by atoms with Crippen molar-refractivity contribution in [2.24, 2.45) is 5.41 Å². The van der Waals surface area contributed by atoms with Crippen LogP contribution in [0.4, 0.5) is 0 Å². The molecule has 108 valence electrons. The smallest absolute Gasteiger partial charge is 0.311 e. The zero-order chi connectivity index (χ0) is 14.6. The van der Waals surface area contributed by atoms with Crippen LogP contribution in [0.3, 0.4) is 0 Å². The highest BCUT2D eigenvalue weighted by atomic mass is 16.4. The van der Waals surface area contributed by atoms with Crippen LogP contribution in [0.1, 0.15) is 31.7 Å². The summed E-state index contributed by atoms with van der Waals surface area (Å²) in [5, 5.41) is 9.44. The van der Waals surface area contributed by atoms with Gasteiger partial charge in [0.1, 0.15) is 0 Å². The van der Waals surface area contributed by atoms with Crippen molar-refractivity contribution in [2.75, 3.05) is 13.1 Å². The summed E-state index contributed by atoms with van der Waals surface area (Å²) < 4.78 is 0. The molecule has 1 aliphatic heterocycles. The predicted molar refractivity (Wildman–Crippen MR) is 76.3 cm³/mol. The Morgan fingerprint density at radius 2 is 2.00 bits per heavy atom. The molecule has 2 rings (SSSR count). The minimum Gasteiger partial charge on any atom is -0.481 e. The summed E-state index contributed by atoms with van der Waals surface area (Å²) in [5.74, 6) is -0.757. The van der Waals surface area contributed by atoms with E-state index in [0.717, 1.165) is 12.0 Å². The van der Waals surface area contributed by atoms with E-state index in [0.29, 0.717) is 32.4 Å². The lowest BCUT2D eigenvalue weighted by atomic mass is 9.77. The highest BCUT2D eigenvalue weighted by Gasteiger charge is 2.41. The van der Waals surface area contributed by atoms with Crippen LogP contribution >= 0.6 is 0 Å². The first kappa shape index (κ1) is 14.6. The van der Waals surface area contributed by atoms with E-state index >= 15 is 0 Å². The Balaban J connectivity index is 2.05. The van der Waals surface area contributed by atoms with Gasteiger partial charge in [-0.2, -0.15) is 0 Å². The van der Waals surface area contributed by atoms with Gasteiger partial charge in [0.15, 0.2) is 0 Å². The molecule has 1 fully saturated rings. The van der Waals surface area contributed by atoms with E-state index in [2.05, 4.69) is 0 Å². The molecule has 1 aromatic carbocycles. The maximum Gasteiger partial charge on any atom is 0.311 e. The largest absolute Gasteiger partial charge is 0.481 e. The summed E-state index contributed by atoms with van der Waals surface area (Å²) in [6.07, 6.45) is 2.34. The van der Waals surface area contributed by atoms with Gasteiger partial charge in [0, 0.05) is 13.1 Å². The summed E-state index contributed by atoms with van der Waals surface area (Å²) in [6.45, 7) is 2.89. The Labute approximate surface area is 119 Å². The number of piperidine rings is 1. The lowest BCUT2D eigenvalue weighted by Crippen LogP contribution is -2.50. The van der Waals surface area contributed by atoms with E-state index < -0.39 is 11.4 Å². The fraction of sp³-hybridized carbons (Fsp3) is 0.500. The summed E-state index contributed by atoms with van der Waals surface area (Å²) in [7, 11) is 0. The molecule has 0 bridgehead atoms. The first-order valence-corrected chi connectivity index (χ1v) is 7.12. The van der Waals surface area contributed by atoms with Gasteiger partial charge in [-0.15, -0.1) is 0 Å². The van der Waals surface area contributed by atoms with E-state index in [1.807, 2.05) is 37.3 Å². The topological polar surface area (TPSA) is 57.6 Å². The lowest BCUT2D eigenvalue weighted by molar-refractivity contribution is -0.155. The zero-order valence-corrected chi connectivity index (χ0v) is 11.8. The summed E-state index contributed by atoms with van der Waals surface area (Å²) >= 11 is 0. The Hall–Kier alpha value is -1.84. The van der Waals surface area contributed by atoms with Gasteiger partial charge >= 0.3 is 5.97 Å². The van der Waals surface area contributed by atoms with E-state index in [-0.39, 0.29) is 5.91 Å². The van der Waals surface area contributed by atoms with E-state index in [4.69, 9.17) is 0 Å². The maximum atomic E-state index is 12.3. The van der Waals surface area contributed by atoms with Gasteiger partial charge in [-0.25, -0.2) is 0 Å². The second-order valence-electron chi connectivity index (χ2n) is 5.52. The van der Waals surface area contributed by atoms with Crippen LogP contribution in [0.2, 0.25) is 0 Å². The van der Waals surface area contributed by atoms with Gasteiger partial charge in [-0.1, -0.05) is 37.3 Å². The SMILES string of the molecule is CCC1(C(=O)O)CCCN(C(=O)Cc2ccccc2)C1. The first-order valence-electron chi connectivity index (χ1n) is 7.12.